The van der Waals surface area contributed by atoms with Gasteiger partial charge in [-0.3, -0.25) is 0 Å². The number of alkyl halides is 18. The van der Waals surface area contributed by atoms with Gasteiger partial charge in [-0.15, -0.1) is 0 Å². The molecule has 19 heteroatoms. The minimum absolute atomic E-state index is 0.0823. The first-order valence-electron chi connectivity index (χ1n) is 8.24. The lowest BCUT2D eigenvalue weighted by molar-refractivity contribution is 0.105. The standard InChI is InChI=1S/C16H7Cl18O/c1-5(35)7-3-2-6(9(17,18)11(21,22)13(25,26)15(29,30)31)4-8(7)10(19,20)12(23,24)14(27,28)16(32,33)34/h2-5H,1H3. The van der Waals surface area contributed by atoms with Crippen LogP contribution in [-0.2, 0) is 13.8 Å². The van der Waals surface area contributed by atoms with Crippen LogP contribution in [0.15, 0.2) is 18.2 Å². The van der Waals surface area contributed by atoms with Gasteiger partial charge >= 0.3 is 0 Å². The first-order valence-corrected chi connectivity index (χ1v) is 15.0. The Labute approximate surface area is 291 Å². The maximum Gasteiger partial charge on any atom is 0.226 e. The van der Waals surface area contributed by atoms with Crippen LogP contribution in [0.2, 0.25) is 0 Å². The Morgan fingerprint density at radius 2 is 0.886 bits per heavy atom. The molecule has 0 saturated carbocycles. The molecule has 0 saturated heterocycles. The van der Waals surface area contributed by atoms with Crippen molar-refractivity contribution in [2.24, 2.45) is 0 Å². The Hall–Kier alpha value is 4.40. The molecule has 0 amide bonds. The summed E-state index contributed by atoms with van der Waals surface area (Å²) in [7, 11) is 0. The third-order valence-electron chi connectivity index (χ3n) is 4.48. The fraction of sp³-hybridized carbons (Fsp3) is 0.625. The van der Waals surface area contributed by atoms with Gasteiger partial charge in [-0.2, -0.15) is 0 Å². The van der Waals surface area contributed by atoms with Gasteiger partial charge in [0.1, 0.15) is 6.10 Å². The summed E-state index contributed by atoms with van der Waals surface area (Å²) in [5.41, 5.74) is -0.631. The number of hydrogen-bond acceptors (Lipinski definition) is 0. The molecule has 1 nitrogen and oxygen atoms in total. The molecule has 0 aliphatic rings. The highest BCUT2D eigenvalue weighted by molar-refractivity contribution is 6.81. The maximum atomic E-state index is 12.5. The van der Waals surface area contributed by atoms with Gasteiger partial charge in [0.15, 0.2) is 17.3 Å². The third kappa shape index (κ3) is 6.66. The molecule has 0 aliphatic carbocycles. The van der Waals surface area contributed by atoms with Gasteiger partial charge < -0.3 is 0 Å². The summed E-state index contributed by atoms with van der Waals surface area (Å²) < 4.78 is -20.8. The van der Waals surface area contributed by atoms with Crippen LogP contribution in [0.3, 0.4) is 0 Å². The van der Waals surface area contributed by atoms with E-state index in [2.05, 4.69) is 0 Å². The zero-order valence-corrected chi connectivity index (χ0v) is 29.6. The van der Waals surface area contributed by atoms with E-state index in [0.717, 1.165) is 6.07 Å². The molecule has 0 aliphatic heterocycles. The average Bonchev–Trinajstić information content (AvgIpc) is 2.64. The van der Waals surface area contributed by atoms with Crippen LogP contribution in [0.1, 0.15) is 29.7 Å². The number of benzene rings is 1. The van der Waals surface area contributed by atoms with Gasteiger partial charge in [-0.25, -0.2) is 5.11 Å². The van der Waals surface area contributed by atoms with Crippen LogP contribution in [0, 0.1) is 0 Å². The predicted octanol–water partition coefficient (Wildman–Crippen LogP) is 12.9. The fourth-order valence-corrected chi connectivity index (χ4v) is 6.98. The van der Waals surface area contributed by atoms with E-state index in [4.69, 9.17) is 209 Å². The molecule has 0 bridgehead atoms. The van der Waals surface area contributed by atoms with Crippen LogP contribution in [0.25, 0.3) is 0 Å². The average molecular weight is 853 g/mol. The fourth-order valence-electron chi connectivity index (χ4n) is 2.48. The second-order valence-corrected chi connectivity index (χ2v) is 19.4. The second kappa shape index (κ2) is 11.8. The van der Waals surface area contributed by atoms with Crippen LogP contribution in [0.5, 0.6) is 0 Å². The number of rotatable bonds is 7. The number of halogens is 18. The van der Waals surface area contributed by atoms with E-state index in [1.807, 2.05) is 0 Å². The van der Waals surface area contributed by atoms with Crippen molar-refractivity contribution < 1.29 is 5.11 Å². The predicted molar refractivity (Wildman–Crippen MR) is 161 cm³/mol. The molecule has 0 fully saturated rings. The van der Waals surface area contributed by atoms with Crippen LogP contribution < -0.4 is 0 Å². The molecule has 203 valence electrons. The van der Waals surface area contributed by atoms with E-state index in [9.17, 15) is 5.11 Å². The SMILES string of the molecule is CC([O])c1ccc(C(Cl)(Cl)C(Cl)(Cl)C(Cl)(Cl)C(Cl)(Cl)Cl)cc1C(Cl)(Cl)C(Cl)(Cl)C(Cl)(Cl)C(Cl)(Cl)Cl. The lowest BCUT2D eigenvalue weighted by Crippen LogP contribution is -2.55. The first-order chi connectivity index (χ1) is 15.0. The van der Waals surface area contributed by atoms with Gasteiger partial charge in [-0.05, 0) is 29.7 Å². The minimum atomic E-state index is -2.72. The molecule has 0 spiro atoms. The van der Waals surface area contributed by atoms with E-state index in [1.54, 1.807) is 0 Å². The molecule has 1 atom stereocenters. The lowest BCUT2D eigenvalue weighted by atomic mass is 9.92. The van der Waals surface area contributed by atoms with E-state index < -0.39 is 39.7 Å². The smallest absolute Gasteiger partial charge is 0.226 e. The Morgan fingerprint density at radius 3 is 1.20 bits per heavy atom. The highest BCUT2D eigenvalue weighted by atomic mass is 35.6. The van der Waals surface area contributed by atoms with Gasteiger partial charge in [0.2, 0.25) is 16.3 Å². The van der Waals surface area contributed by atoms with Crippen molar-refractivity contribution in [2.45, 2.75) is 46.6 Å². The monoisotopic (exact) mass is 844 g/mol. The zero-order chi connectivity index (χ0) is 28.4. The van der Waals surface area contributed by atoms with Gasteiger partial charge in [0.25, 0.3) is 0 Å². The van der Waals surface area contributed by atoms with Crippen molar-refractivity contribution in [1.82, 2.24) is 0 Å². The Balaban J connectivity index is 3.96. The van der Waals surface area contributed by atoms with Gasteiger partial charge in [0, 0.05) is 0 Å². The molecule has 0 aromatic heterocycles. The molecule has 35 heavy (non-hydrogen) atoms. The summed E-state index contributed by atoms with van der Waals surface area (Å²) in [5, 5.41) is 12.5. The van der Waals surface area contributed by atoms with E-state index in [-0.39, 0.29) is 16.7 Å². The molecule has 1 radical (unpaired) electrons. The molecule has 1 aromatic rings. The summed E-state index contributed by atoms with van der Waals surface area (Å²) in [6.45, 7) is 1.24. The second-order valence-electron chi connectivity index (χ2n) is 6.89. The summed E-state index contributed by atoms with van der Waals surface area (Å²) in [6.07, 6.45) is -1.49. The van der Waals surface area contributed by atoms with Crippen molar-refractivity contribution in [2.75, 3.05) is 0 Å². The topological polar surface area (TPSA) is 19.9 Å². The van der Waals surface area contributed by atoms with Crippen LogP contribution in [0.4, 0.5) is 0 Å². The quantitative estimate of drug-likeness (QED) is 0.244. The molecule has 1 unspecified atom stereocenters. The Bertz CT molecular complexity index is 923. The maximum absolute atomic E-state index is 12.5. The summed E-state index contributed by atoms with van der Waals surface area (Å²) in [4.78, 5) is 0. The van der Waals surface area contributed by atoms with Crippen LogP contribution >= 0.6 is 209 Å². The Morgan fingerprint density at radius 1 is 0.543 bits per heavy atom. The van der Waals surface area contributed by atoms with E-state index >= 15 is 0 Å². The summed E-state index contributed by atoms with van der Waals surface area (Å²) in [5.74, 6) is 0. The van der Waals surface area contributed by atoms with Gasteiger partial charge in [-0.1, -0.05) is 221 Å². The minimum Gasteiger partial charge on any atom is -0.228 e. The molecular formula is C16H7Cl18O. The normalized spacial score (nSPS) is 16.5. The molecular weight excluding hydrogens is 846 g/mol. The van der Waals surface area contributed by atoms with Crippen molar-refractivity contribution in [1.29, 1.82) is 0 Å². The van der Waals surface area contributed by atoms with E-state index in [1.165, 1.54) is 19.1 Å². The highest BCUT2D eigenvalue weighted by Crippen LogP contribution is 2.68. The third-order valence-corrected chi connectivity index (χ3v) is 15.4. The Kier molecular flexibility index (Phi) is 12.6. The molecule has 0 heterocycles. The highest BCUT2D eigenvalue weighted by Gasteiger charge is 2.70. The molecule has 1 aromatic carbocycles. The van der Waals surface area contributed by atoms with Crippen molar-refractivity contribution in [3.8, 4) is 0 Å². The molecule has 0 N–H and O–H groups in total. The summed E-state index contributed by atoms with van der Waals surface area (Å²) in [6, 6.07) is 3.47. The first kappa shape index (κ1) is 37.4. The van der Waals surface area contributed by atoms with Crippen molar-refractivity contribution >= 4 is 209 Å². The van der Waals surface area contributed by atoms with E-state index in [0.29, 0.717) is 0 Å². The van der Waals surface area contributed by atoms with Gasteiger partial charge in [0.05, 0.1) is 0 Å². The largest absolute Gasteiger partial charge is 0.228 e. The molecule has 1 rings (SSSR count). The zero-order valence-electron chi connectivity index (χ0n) is 16.0. The summed E-state index contributed by atoms with van der Waals surface area (Å²) >= 11 is 111. The van der Waals surface area contributed by atoms with Crippen molar-refractivity contribution in [3.63, 3.8) is 0 Å². The van der Waals surface area contributed by atoms with Crippen LogP contribution in [-0.4, -0.2) is 24.9 Å². The number of hydrogen-bond donors (Lipinski definition) is 0. The lowest BCUT2D eigenvalue weighted by Gasteiger charge is -2.46. The van der Waals surface area contributed by atoms with Crippen molar-refractivity contribution in [3.05, 3.63) is 34.9 Å².